The van der Waals surface area contributed by atoms with E-state index in [1.54, 1.807) is 0 Å². The largest absolute Gasteiger partial charge is 0.240 e. The lowest BCUT2D eigenvalue weighted by atomic mass is 10.1. The van der Waals surface area contributed by atoms with E-state index in [4.69, 9.17) is 23.2 Å². The number of halogens is 2. The summed E-state index contributed by atoms with van der Waals surface area (Å²) >= 11 is 12.4. The van der Waals surface area contributed by atoms with Crippen molar-refractivity contribution in [1.82, 2.24) is 9.97 Å². The summed E-state index contributed by atoms with van der Waals surface area (Å²) in [7, 11) is 0. The average Bonchev–Trinajstić information content (AvgIpc) is 3.14. The first-order valence-corrected chi connectivity index (χ1v) is 6.70. The van der Waals surface area contributed by atoms with E-state index < -0.39 is 0 Å². The molecule has 2 nitrogen and oxygen atoms in total. The molecule has 1 aliphatic rings. The van der Waals surface area contributed by atoms with Gasteiger partial charge >= 0.3 is 0 Å². The maximum Gasteiger partial charge on any atom is 0.131 e. The second-order valence-corrected chi connectivity index (χ2v) is 5.41. The van der Waals surface area contributed by atoms with Gasteiger partial charge in [-0.05, 0) is 31.9 Å². The molecule has 0 amide bonds. The van der Waals surface area contributed by atoms with Crippen molar-refractivity contribution in [2.24, 2.45) is 0 Å². The Labute approximate surface area is 116 Å². The standard InChI is InChI=1S/C14H12Cl2N2/c1-8-10(7-17-14(18-8)9-5-6-9)13-11(15)3-2-4-12(13)16/h2-4,7,9H,5-6H2,1H3. The molecule has 1 fully saturated rings. The van der Waals surface area contributed by atoms with Crippen LogP contribution in [0.2, 0.25) is 10.0 Å². The fourth-order valence-electron chi connectivity index (χ4n) is 2.02. The summed E-state index contributed by atoms with van der Waals surface area (Å²) in [6.07, 6.45) is 4.24. The normalized spacial score (nSPS) is 14.8. The molecule has 0 bridgehead atoms. The molecule has 92 valence electrons. The van der Waals surface area contributed by atoms with Crippen LogP contribution in [-0.4, -0.2) is 9.97 Å². The molecule has 18 heavy (non-hydrogen) atoms. The van der Waals surface area contributed by atoms with Gasteiger partial charge in [0.15, 0.2) is 0 Å². The second kappa shape index (κ2) is 4.52. The predicted octanol–water partition coefficient (Wildman–Crippen LogP) is 4.64. The van der Waals surface area contributed by atoms with Crippen molar-refractivity contribution in [2.75, 3.05) is 0 Å². The van der Waals surface area contributed by atoms with Gasteiger partial charge in [-0.25, -0.2) is 9.97 Å². The van der Waals surface area contributed by atoms with Crippen LogP contribution in [0.15, 0.2) is 24.4 Å². The van der Waals surface area contributed by atoms with Crippen molar-refractivity contribution >= 4 is 23.2 Å². The molecule has 1 aliphatic carbocycles. The van der Waals surface area contributed by atoms with Crippen molar-refractivity contribution in [3.8, 4) is 11.1 Å². The van der Waals surface area contributed by atoms with Gasteiger partial charge in [-0.3, -0.25) is 0 Å². The lowest BCUT2D eigenvalue weighted by Crippen LogP contribution is -1.97. The van der Waals surface area contributed by atoms with Crippen LogP contribution in [0.3, 0.4) is 0 Å². The minimum Gasteiger partial charge on any atom is -0.240 e. The van der Waals surface area contributed by atoms with Gasteiger partial charge < -0.3 is 0 Å². The molecule has 1 saturated carbocycles. The molecule has 0 unspecified atom stereocenters. The van der Waals surface area contributed by atoms with Crippen molar-refractivity contribution in [3.63, 3.8) is 0 Å². The van der Waals surface area contributed by atoms with Gasteiger partial charge in [-0.1, -0.05) is 29.3 Å². The molecule has 0 N–H and O–H groups in total. The number of nitrogens with zero attached hydrogens (tertiary/aromatic N) is 2. The molecule has 3 rings (SSSR count). The topological polar surface area (TPSA) is 25.8 Å². The third-order valence-corrected chi connectivity index (χ3v) is 3.80. The number of aromatic nitrogens is 2. The summed E-state index contributed by atoms with van der Waals surface area (Å²) in [5.41, 5.74) is 2.66. The van der Waals surface area contributed by atoms with Crippen LogP contribution >= 0.6 is 23.2 Å². The highest BCUT2D eigenvalue weighted by Gasteiger charge is 2.27. The van der Waals surface area contributed by atoms with Crippen LogP contribution in [0, 0.1) is 6.92 Å². The molecule has 0 atom stereocenters. The SMILES string of the molecule is Cc1nc(C2CC2)ncc1-c1c(Cl)cccc1Cl. The minimum atomic E-state index is 0.555. The molecule has 1 aromatic carbocycles. The summed E-state index contributed by atoms with van der Waals surface area (Å²) in [6, 6.07) is 5.50. The third-order valence-electron chi connectivity index (χ3n) is 3.17. The van der Waals surface area contributed by atoms with Gasteiger partial charge in [0, 0.05) is 28.9 Å². The first kappa shape index (κ1) is 11.9. The van der Waals surface area contributed by atoms with Gasteiger partial charge in [-0.2, -0.15) is 0 Å². The lowest BCUT2D eigenvalue weighted by molar-refractivity contribution is 0.908. The van der Waals surface area contributed by atoms with Crippen molar-refractivity contribution < 1.29 is 0 Å². The fourth-order valence-corrected chi connectivity index (χ4v) is 2.62. The fraction of sp³-hybridized carbons (Fsp3) is 0.286. The summed E-state index contributed by atoms with van der Waals surface area (Å²) < 4.78 is 0. The van der Waals surface area contributed by atoms with Crippen LogP contribution in [0.1, 0.15) is 30.3 Å². The Kier molecular flexibility index (Phi) is 3.00. The maximum atomic E-state index is 6.21. The Bertz CT molecular complexity index is 586. The molecule has 1 heterocycles. The van der Waals surface area contributed by atoms with Crippen LogP contribution in [0.5, 0.6) is 0 Å². The van der Waals surface area contributed by atoms with Crippen molar-refractivity contribution in [3.05, 3.63) is 46.0 Å². The molecule has 0 aliphatic heterocycles. The third kappa shape index (κ3) is 2.11. The Morgan fingerprint density at radius 2 is 1.83 bits per heavy atom. The number of rotatable bonds is 2. The summed E-state index contributed by atoms with van der Waals surface area (Å²) in [6.45, 7) is 1.97. The van der Waals surface area contributed by atoms with Crippen LogP contribution < -0.4 is 0 Å². The van der Waals surface area contributed by atoms with Gasteiger partial charge in [-0.15, -0.1) is 0 Å². The Hall–Kier alpha value is -1.12. The summed E-state index contributed by atoms with van der Waals surface area (Å²) in [4.78, 5) is 9.00. The molecular formula is C14H12Cl2N2. The van der Waals surface area contributed by atoms with E-state index in [0.29, 0.717) is 16.0 Å². The molecule has 0 radical (unpaired) electrons. The van der Waals surface area contributed by atoms with Gasteiger partial charge in [0.05, 0.1) is 10.0 Å². The summed E-state index contributed by atoms with van der Waals surface area (Å²) in [5.74, 6) is 1.50. The van der Waals surface area contributed by atoms with E-state index in [-0.39, 0.29) is 0 Å². The van der Waals surface area contributed by atoms with Crippen LogP contribution in [0.4, 0.5) is 0 Å². The zero-order chi connectivity index (χ0) is 12.7. The number of hydrogen-bond donors (Lipinski definition) is 0. The second-order valence-electron chi connectivity index (χ2n) is 4.60. The monoisotopic (exact) mass is 278 g/mol. The van der Waals surface area contributed by atoms with E-state index in [1.807, 2.05) is 31.3 Å². The molecule has 2 aromatic rings. The lowest BCUT2D eigenvalue weighted by Gasteiger charge is -2.10. The quantitative estimate of drug-likeness (QED) is 0.800. The summed E-state index contributed by atoms with van der Waals surface area (Å²) in [5, 5.41) is 1.27. The Balaban J connectivity index is 2.11. The molecule has 0 spiro atoms. The van der Waals surface area contributed by atoms with Gasteiger partial charge in [0.25, 0.3) is 0 Å². The smallest absolute Gasteiger partial charge is 0.131 e. The highest BCUT2D eigenvalue weighted by Crippen LogP contribution is 2.40. The zero-order valence-corrected chi connectivity index (χ0v) is 11.5. The van der Waals surface area contributed by atoms with Crippen molar-refractivity contribution in [1.29, 1.82) is 0 Å². The van der Waals surface area contributed by atoms with Crippen LogP contribution in [-0.2, 0) is 0 Å². The number of hydrogen-bond acceptors (Lipinski definition) is 2. The maximum absolute atomic E-state index is 6.21. The van der Waals surface area contributed by atoms with E-state index in [9.17, 15) is 0 Å². The Morgan fingerprint density at radius 1 is 1.17 bits per heavy atom. The van der Waals surface area contributed by atoms with E-state index >= 15 is 0 Å². The number of aryl methyl sites for hydroxylation is 1. The Morgan fingerprint density at radius 3 is 2.39 bits per heavy atom. The van der Waals surface area contributed by atoms with E-state index in [1.165, 1.54) is 12.8 Å². The number of benzene rings is 1. The molecular weight excluding hydrogens is 267 g/mol. The molecule has 4 heteroatoms. The molecule has 1 aromatic heterocycles. The first-order valence-electron chi connectivity index (χ1n) is 5.94. The molecule has 0 saturated heterocycles. The average molecular weight is 279 g/mol. The highest BCUT2D eigenvalue weighted by atomic mass is 35.5. The van der Waals surface area contributed by atoms with Gasteiger partial charge in [0.1, 0.15) is 5.82 Å². The zero-order valence-electron chi connectivity index (χ0n) is 9.95. The van der Waals surface area contributed by atoms with E-state index in [2.05, 4.69) is 9.97 Å². The minimum absolute atomic E-state index is 0.555. The first-order chi connectivity index (χ1) is 8.66. The van der Waals surface area contributed by atoms with Crippen LogP contribution in [0.25, 0.3) is 11.1 Å². The van der Waals surface area contributed by atoms with Gasteiger partial charge in [0.2, 0.25) is 0 Å². The highest BCUT2D eigenvalue weighted by molar-refractivity contribution is 6.39. The predicted molar refractivity (Wildman–Crippen MR) is 74.2 cm³/mol. The van der Waals surface area contributed by atoms with E-state index in [0.717, 1.165) is 22.6 Å². The van der Waals surface area contributed by atoms with Crippen molar-refractivity contribution in [2.45, 2.75) is 25.7 Å².